The summed E-state index contributed by atoms with van der Waals surface area (Å²) in [5.41, 5.74) is 1.31. The average Bonchev–Trinajstić information content (AvgIpc) is 2.09. The van der Waals surface area contributed by atoms with Crippen LogP contribution in [0.15, 0.2) is 6.20 Å². The van der Waals surface area contributed by atoms with Crippen LogP contribution in [0.2, 0.25) is 0 Å². The van der Waals surface area contributed by atoms with E-state index in [4.69, 9.17) is 5.11 Å². The summed E-state index contributed by atoms with van der Waals surface area (Å²) in [7, 11) is 0. The lowest BCUT2D eigenvalue weighted by Crippen LogP contribution is -2.33. The second-order valence-electron chi connectivity index (χ2n) is 2.51. The van der Waals surface area contributed by atoms with Crippen molar-refractivity contribution in [3.8, 4) is 5.88 Å². The monoisotopic (exact) mass is 168 g/mol. The van der Waals surface area contributed by atoms with E-state index in [0.29, 0.717) is 23.3 Å². The first-order chi connectivity index (χ1) is 5.70. The van der Waals surface area contributed by atoms with Crippen molar-refractivity contribution in [2.75, 3.05) is 0 Å². The number of aryl methyl sites for hydroxylation is 1. The highest BCUT2D eigenvalue weighted by Crippen LogP contribution is 2.06. The van der Waals surface area contributed by atoms with Gasteiger partial charge in [-0.2, -0.15) is 0 Å². The molecule has 0 bridgehead atoms. The fraction of sp³-hybridized carbons (Fsp3) is 0.500. The van der Waals surface area contributed by atoms with Gasteiger partial charge in [-0.3, -0.25) is 0 Å². The fourth-order valence-electron chi connectivity index (χ4n) is 1.16. The maximum Gasteiger partial charge on any atom is 0.396 e. The highest BCUT2D eigenvalue weighted by molar-refractivity contribution is 5.09. The third kappa shape index (κ3) is 1.32. The van der Waals surface area contributed by atoms with Gasteiger partial charge in [0.2, 0.25) is 5.69 Å². The Morgan fingerprint density at radius 2 is 2.17 bits per heavy atom. The Kier molecular flexibility index (Phi) is 2.47. The number of hydrogen-bond donors (Lipinski definition) is 1. The first-order valence-corrected chi connectivity index (χ1v) is 4.00. The molecule has 66 valence electrons. The standard InChI is InChI=1S/C8H12N2O2/c1-3-6-7(4-2)10(12)8(11)5-9-6/h5,11H,3-4H2,1-2H3. The van der Waals surface area contributed by atoms with Crippen LogP contribution < -0.4 is 4.73 Å². The molecule has 0 aliphatic carbocycles. The van der Waals surface area contributed by atoms with Crippen LogP contribution in [0.3, 0.4) is 0 Å². The van der Waals surface area contributed by atoms with E-state index in [1.54, 1.807) is 0 Å². The van der Waals surface area contributed by atoms with E-state index in [1.807, 2.05) is 13.8 Å². The number of hydrogen-bond acceptors (Lipinski definition) is 3. The van der Waals surface area contributed by atoms with Gasteiger partial charge in [0.15, 0.2) is 0 Å². The number of aromatic nitrogens is 2. The molecule has 0 unspecified atom stereocenters. The molecule has 1 aromatic rings. The normalized spacial score (nSPS) is 10.2. The summed E-state index contributed by atoms with van der Waals surface area (Å²) < 4.78 is 0.534. The predicted molar refractivity (Wildman–Crippen MR) is 43.6 cm³/mol. The Morgan fingerprint density at radius 1 is 1.50 bits per heavy atom. The van der Waals surface area contributed by atoms with E-state index in [1.165, 1.54) is 6.20 Å². The van der Waals surface area contributed by atoms with Crippen molar-refractivity contribution in [3.05, 3.63) is 22.8 Å². The molecule has 1 heterocycles. The average molecular weight is 168 g/mol. The summed E-state index contributed by atoms with van der Waals surface area (Å²) >= 11 is 0. The summed E-state index contributed by atoms with van der Waals surface area (Å²) in [6.07, 6.45) is 2.49. The molecule has 1 aromatic heterocycles. The predicted octanol–water partition coefficient (Wildman–Crippen LogP) is 0.545. The lowest BCUT2D eigenvalue weighted by Gasteiger charge is -2.06. The zero-order chi connectivity index (χ0) is 9.14. The molecule has 12 heavy (non-hydrogen) atoms. The zero-order valence-corrected chi connectivity index (χ0v) is 7.24. The lowest BCUT2D eigenvalue weighted by atomic mass is 10.2. The molecule has 1 N–H and O–H groups in total. The summed E-state index contributed by atoms with van der Waals surface area (Å²) in [6.45, 7) is 3.79. The van der Waals surface area contributed by atoms with Crippen LogP contribution in [-0.4, -0.2) is 10.1 Å². The summed E-state index contributed by atoms with van der Waals surface area (Å²) in [5.74, 6) is -0.330. The van der Waals surface area contributed by atoms with Gasteiger partial charge in [0.25, 0.3) is 0 Å². The Labute approximate surface area is 71.1 Å². The van der Waals surface area contributed by atoms with Crippen molar-refractivity contribution in [2.45, 2.75) is 26.7 Å². The molecule has 0 aliphatic heterocycles. The van der Waals surface area contributed by atoms with Crippen molar-refractivity contribution in [1.82, 2.24) is 4.98 Å². The molecule has 0 fully saturated rings. The second-order valence-corrected chi connectivity index (χ2v) is 2.51. The molecule has 0 spiro atoms. The molecular weight excluding hydrogens is 156 g/mol. The van der Waals surface area contributed by atoms with Gasteiger partial charge in [-0.05, 0) is 6.42 Å². The molecule has 4 heteroatoms. The summed E-state index contributed by atoms with van der Waals surface area (Å²) in [6, 6.07) is 0. The van der Waals surface area contributed by atoms with Crippen LogP contribution in [0.1, 0.15) is 25.2 Å². The van der Waals surface area contributed by atoms with E-state index in [-0.39, 0.29) is 5.88 Å². The zero-order valence-electron chi connectivity index (χ0n) is 7.24. The molecule has 0 saturated heterocycles. The Hall–Kier alpha value is -1.32. The van der Waals surface area contributed by atoms with E-state index in [9.17, 15) is 5.21 Å². The van der Waals surface area contributed by atoms with Crippen molar-refractivity contribution in [2.24, 2.45) is 0 Å². The van der Waals surface area contributed by atoms with Crippen LogP contribution in [-0.2, 0) is 12.8 Å². The first-order valence-electron chi connectivity index (χ1n) is 4.00. The Morgan fingerprint density at radius 3 is 2.67 bits per heavy atom. The van der Waals surface area contributed by atoms with Crippen molar-refractivity contribution >= 4 is 0 Å². The SMILES string of the molecule is CCc1ncc(O)[n+]([O-])c1CC. The third-order valence-corrected chi connectivity index (χ3v) is 1.79. The molecule has 0 aromatic carbocycles. The molecule has 1 rings (SSSR count). The summed E-state index contributed by atoms with van der Waals surface area (Å²) in [4.78, 5) is 3.96. The van der Waals surface area contributed by atoms with E-state index < -0.39 is 0 Å². The minimum atomic E-state index is -0.330. The van der Waals surface area contributed by atoms with Gasteiger partial charge in [-0.15, -0.1) is 4.73 Å². The smallest absolute Gasteiger partial charge is 0.396 e. The van der Waals surface area contributed by atoms with Gasteiger partial charge in [0, 0.05) is 6.42 Å². The fourth-order valence-corrected chi connectivity index (χ4v) is 1.16. The van der Waals surface area contributed by atoms with E-state index in [2.05, 4.69) is 4.98 Å². The minimum Gasteiger partial charge on any atom is -0.616 e. The molecular formula is C8H12N2O2. The molecule has 0 atom stereocenters. The first kappa shape index (κ1) is 8.77. The highest BCUT2D eigenvalue weighted by atomic mass is 16.5. The molecule has 0 radical (unpaired) electrons. The van der Waals surface area contributed by atoms with Gasteiger partial charge < -0.3 is 10.3 Å². The van der Waals surface area contributed by atoms with Gasteiger partial charge in [0.05, 0.1) is 0 Å². The number of rotatable bonds is 2. The van der Waals surface area contributed by atoms with Crippen molar-refractivity contribution in [1.29, 1.82) is 0 Å². The minimum absolute atomic E-state index is 0.330. The molecule has 0 saturated carbocycles. The maximum atomic E-state index is 11.2. The lowest BCUT2D eigenvalue weighted by molar-refractivity contribution is -0.622. The van der Waals surface area contributed by atoms with Crippen LogP contribution in [0.25, 0.3) is 0 Å². The van der Waals surface area contributed by atoms with E-state index >= 15 is 0 Å². The van der Waals surface area contributed by atoms with Gasteiger partial charge in [-0.1, -0.05) is 13.8 Å². The molecule has 0 amide bonds. The van der Waals surface area contributed by atoms with Crippen LogP contribution in [0.5, 0.6) is 5.88 Å². The van der Waals surface area contributed by atoms with Crippen molar-refractivity contribution in [3.63, 3.8) is 0 Å². The molecule has 0 aliphatic rings. The highest BCUT2D eigenvalue weighted by Gasteiger charge is 2.14. The van der Waals surface area contributed by atoms with Gasteiger partial charge >= 0.3 is 5.88 Å². The van der Waals surface area contributed by atoms with Gasteiger partial charge in [0.1, 0.15) is 11.9 Å². The Bertz CT molecular complexity index is 287. The second kappa shape index (κ2) is 3.38. The summed E-state index contributed by atoms with van der Waals surface area (Å²) in [5, 5.41) is 20.2. The third-order valence-electron chi connectivity index (χ3n) is 1.79. The van der Waals surface area contributed by atoms with Gasteiger partial charge in [-0.25, -0.2) is 4.98 Å². The van der Waals surface area contributed by atoms with Crippen molar-refractivity contribution < 1.29 is 9.84 Å². The van der Waals surface area contributed by atoms with E-state index in [0.717, 1.165) is 5.69 Å². The van der Waals surface area contributed by atoms with Crippen LogP contribution in [0.4, 0.5) is 0 Å². The van der Waals surface area contributed by atoms with Crippen LogP contribution in [0, 0.1) is 5.21 Å². The van der Waals surface area contributed by atoms with Crippen LogP contribution >= 0.6 is 0 Å². The number of aromatic hydroxyl groups is 1. The number of nitrogens with zero attached hydrogens (tertiary/aromatic N) is 2. The Balaban J connectivity index is 3.25. The maximum absolute atomic E-state index is 11.2. The topological polar surface area (TPSA) is 60.1 Å². The quantitative estimate of drug-likeness (QED) is 0.518. The molecule has 4 nitrogen and oxygen atoms in total. The largest absolute Gasteiger partial charge is 0.616 e.